The lowest BCUT2D eigenvalue weighted by Crippen LogP contribution is -1.97. The predicted octanol–water partition coefficient (Wildman–Crippen LogP) is 2.67. The number of furan rings is 1. The highest BCUT2D eigenvalue weighted by Gasteiger charge is 2.02. The molecule has 1 heterocycles. The average Bonchev–Trinajstić information content (AvgIpc) is 2.81. The van der Waals surface area contributed by atoms with Gasteiger partial charge < -0.3 is 14.4 Å². The zero-order valence-corrected chi connectivity index (χ0v) is 8.54. The van der Waals surface area contributed by atoms with Crippen LogP contribution in [0.1, 0.15) is 11.3 Å². The summed E-state index contributed by atoms with van der Waals surface area (Å²) in [6.45, 7) is 0.350. The SMILES string of the molecule is ON=Cc1ccccc1OCc1ccco1. The molecular formula is C12H11NO3. The Morgan fingerprint density at radius 1 is 1.25 bits per heavy atom. The molecule has 0 fully saturated rings. The van der Waals surface area contributed by atoms with Gasteiger partial charge in [0.05, 0.1) is 12.5 Å². The molecule has 0 radical (unpaired) electrons. The fourth-order valence-electron chi connectivity index (χ4n) is 1.32. The second-order valence-corrected chi connectivity index (χ2v) is 3.15. The zero-order chi connectivity index (χ0) is 11.2. The highest BCUT2D eigenvalue weighted by Crippen LogP contribution is 2.17. The van der Waals surface area contributed by atoms with Crippen molar-refractivity contribution in [3.8, 4) is 5.75 Å². The zero-order valence-electron chi connectivity index (χ0n) is 8.54. The lowest BCUT2D eigenvalue weighted by atomic mass is 10.2. The van der Waals surface area contributed by atoms with Crippen LogP contribution in [0.4, 0.5) is 0 Å². The highest BCUT2D eigenvalue weighted by molar-refractivity contribution is 5.82. The molecule has 4 heteroatoms. The van der Waals surface area contributed by atoms with Gasteiger partial charge in [-0.05, 0) is 24.3 Å². The van der Waals surface area contributed by atoms with Gasteiger partial charge in [-0.15, -0.1) is 0 Å². The molecule has 0 saturated carbocycles. The molecule has 0 spiro atoms. The third kappa shape index (κ3) is 2.42. The Hall–Kier alpha value is -2.23. The van der Waals surface area contributed by atoms with E-state index in [1.54, 1.807) is 24.5 Å². The fraction of sp³-hybridized carbons (Fsp3) is 0.0833. The maximum absolute atomic E-state index is 8.49. The Balaban J connectivity index is 2.09. The molecule has 82 valence electrons. The van der Waals surface area contributed by atoms with Crippen LogP contribution in [-0.4, -0.2) is 11.4 Å². The summed E-state index contributed by atoms with van der Waals surface area (Å²) >= 11 is 0. The van der Waals surface area contributed by atoms with Gasteiger partial charge in [-0.3, -0.25) is 0 Å². The molecule has 2 aromatic rings. The van der Waals surface area contributed by atoms with Crippen molar-refractivity contribution in [1.29, 1.82) is 0 Å². The number of hydrogen-bond acceptors (Lipinski definition) is 4. The predicted molar refractivity (Wildman–Crippen MR) is 58.9 cm³/mol. The smallest absolute Gasteiger partial charge is 0.146 e. The molecule has 0 unspecified atom stereocenters. The lowest BCUT2D eigenvalue weighted by molar-refractivity contribution is 0.269. The van der Waals surface area contributed by atoms with Crippen LogP contribution < -0.4 is 4.74 Å². The number of hydrogen-bond donors (Lipinski definition) is 1. The monoisotopic (exact) mass is 217 g/mol. The van der Waals surface area contributed by atoms with Crippen molar-refractivity contribution < 1.29 is 14.4 Å². The minimum Gasteiger partial charge on any atom is -0.485 e. The maximum Gasteiger partial charge on any atom is 0.146 e. The summed E-state index contributed by atoms with van der Waals surface area (Å²) in [6.07, 6.45) is 2.93. The van der Waals surface area contributed by atoms with E-state index in [1.165, 1.54) is 6.21 Å². The van der Waals surface area contributed by atoms with Gasteiger partial charge in [0.2, 0.25) is 0 Å². The van der Waals surface area contributed by atoms with Crippen molar-refractivity contribution in [2.45, 2.75) is 6.61 Å². The molecule has 0 aliphatic rings. The summed E-state index contributed by atoms with van der Waals surface area (Å²) in [6, 6.07) is 10.9. The average molecular weight is 217 g/mol. The van der Waals surface area contributed by atoms with Gasteiger partial charge in [-0.2, -0.15) is 0 Å². The van der Waals surface area contributed by atoms with Crippen molar-refractivity contribution in [3.63, 3.8) is 0 Å². The fourth-order valence-corrected chi connectivity index (χ4v) is 1.32. The Kier molecular flexibility index (Phi) is 3.23. The Labute approximate surface area is 92.8 Å². The number of rotatable bonds is 4. The molecule has 1 aromatic heterocycles. The van der Waals surface area contributed by atoms with E-state index in [2.05, 4.69) is 5.16 Å². The molecule has 0 aliphatic carbocycles. The van der Waals surface area contributed by atoms with Gasteiger partial charge in [-0.1, -0.05) is 17.3 Å². The number of benzene rings is 1. The summed E-state index contributed by atoms with van der Waals surface area (Å²) in [7, 11) is 0. The molecule has 16 heavy (non-hydrogen) atoms. The minimum absolute atomic E-state index is 0.350. The van der Waals surface area contributed by atoms with Crippen LogP contribution in [-0.2, 0) is 6.61 Å². The third-order valence-corrected chi connectivity index (χ3v) is 2.07. The summed E-state index contributed by atoms with van der Waals surface area (Å²) in [5, 5.41) is 11.5. The van der Waals surface area contributed by atoms with Crippen LogP contribution in [0.3, 0.4) is 0 Å². The van der Waals surface area contributed by atoms with Gasteiger partial charge in [-0.25, -0.2) is 0 Å². The molecule has 4 nitrogen and oxygen atoms in total. The van der Waals surface area contributed by atoms with E-state index in [4.69, 9.17) is 14.4 Å². The molecule has 1 aromatic carbocycles. The molecule has 1 N–H and O–H groups in total. The number of nitrogens with zero attached hydrogens (tertiary/aromatic N) is 1. The van der Waals surface area contributed by atoms with Crippen LogP contribution in [0, 0.1) is 0 Å². The summed E-state index contributed by atoms with van der Waals surface area (Å²) in [5.41, 5.74) is 0.719. The Morgan fingerprint density at radius 2 is 2.12 bits per heavy atom. The number of oxime groups is 1. The maximum atomic E-state index is 8.49. The van der Waals surface area contributed by atoms with Crippen LogP contribution in [0.25, 0.3) is 0 Å². The van der Waals surface area contributed by atoms with Crippen molar-refractivity contribution in [2.24, 2.45) is 5.16 Å². The van der Waals surface area contributed by atoms with E-state index in [0.29, 0.717) is 12.4 Å². The van der Waals surface area contributed by atoms with E-state index in [9.17, 15) is 0 Å². The van der Waals surface area contributed by atoms with Gasteiger partial charge in [0, 0.05) is 5.56 Å². The van der Waals surface area contributed by atoms with Gasteiger partial charge >= 0.3 is 0 Å². The molecule has 0 saturated heterocycles. The van der Waals surface area contributed by atoms with E-state index in [0.717, 1.165) is 11.3 Å². The first-order valence-electron chi connectivity index (χ1n) is 4.82. The molecule has 0 amide bonds. The van der Waals surface area contributed by atoms with E-state index >= 15 is 0 Å². The van der Waals surface area contributed by atoms with E-state index in [-0.39, 0.29) is 0 Å². The van der Waals surface area contributed by atoms with Gasteiger partial charge in [0.1, 0.15) is 18.1 Å². The Morgan fingerprint density at radius 3 is 2.88 bits per heavy atom. The Bertz CT molecular complexity index is 463. The van der Waals surface area contributed by atoms with Crippen molar-refractivity contribution in [2.75, 3.05) is 0 Å². The second-order valence-electron chi connectivity index (χ2n) is 3.15. The standard InChI is InChI=1S/C12H11NO3/c14-13-8-10-4-1-2-6-12(10)16-9-11-5-3-7-15-11/h1-8,14H,9H2. The van der Waals surface area contributed by atoms with Crippen LogP contribution in [0.15, 0.2) is 52.2 Å². The molecule has 0 bridgehead atoms. The van der Waals surface area contributed by atoms with E-state index < -0.39 is 0 Å². The normalized spacial score (nSPS) is 10.8. The summed E-state index contributed by atoms with van der Waals surface area (Å²) in [5.74, 6) is 1.40. The summed E-state index contributed by atoms with van der Waals surface area (Å²) in [4.78, 5) is 0. The van der Waals surface area contributed by atoms with Crippen molar-refractivity contribution >= 4 is 6.21 Å². The van der Waals surface area contributed by atoms with Crippen molar-refractivity contribution in [3.05, 3.63) is 54.0 Å². The summed E-state index contributed by atoms with van der Waals surface area (Å²) < 4.78 is 10.7. The molecule has 2 rings (SSSR count). The first-order valence-corrected chi connectivity index (χ1v) is 4.82. The largest absolute Gasteiger partial charge is 0.485 e. The number of ether oxygens (including phenoxy) is 1. The topological polar surface area (TPSA) is 55.0 Å². The van der Waals surface area contributed by atoms with Crippen molar-refractivity contribution in [1.82, 2.24) is 0 Å². The van der Waals surface area contributed by atoms with E-state index in [1.807, 2.05) is 18.2 Å². The quantitative estimate of drug-likeness (QED) is 0.486. The molecule has 0 aliphatic heterocycles. The first-order chi connectivity index (χ1) is 7.90. The first kappa shape index (κ1) is 10.3. The third-order valence-electron chi connectivity index (χ3n) is 2.07. The van der Waals surface area contributed by atoms with Gasteiger partial charge in [0.25, 0.3) is 0 Å². The minimum atomic E-state index is 0.350. The molecular weight excluding hydrogens is 206 g/mol. The van der Waals surface area contributed by atoms with Crippen LogP contribution in [0.5, 0.6) is 5.75 Å². The molecule has 0 atom stereocenters. The van der Waals surface area contributed by atoms with Crippen LogP contribution in [0.2, 0.25) is 0 Å². The number of para-hydroxylation sites is 1. The second kappa shape index (κ2) is 5.02. The van der Waals surface area contributed by atoms with Gasteiger partial charge in [0.15, 0.2) is 0 Å². The van der Waals surface area contributed by atoms with Crippen LogP contribution >= 0.6 is 0 Å². The highest BCUT2D eigenvalue weighted by atomic mass is 16.5. The lowest BCUT2D eigenvalue weighted by Gasteiger charge is -2.06.